The number of nitrogens with zero attached hydrogens (tertiary/aromatic N) is 1. The lowest BCUT2D eigenvalue weighted by Crippen LogP contribution is -2.43. The van der Waals surface area contributed by atoms with E-state index in [1.807, 2.05) is 18.4 Å². The van der Waals surface area contributed by atoms with Crippen LogP contribution in [0.15, 0.2) is 40.6 Å². The zero-order valence-electron chi connectivity index (χ0n) is 14.4. The molecule has 2 heterocycles. The van der Waals surface area contributed by atoms with Crippen LogP contribution >= 0.6 is 11.3 Å². The molecule has 1 saturated heterocycles. The standard InChI is InChI=1S/C18H21FN2O3S2/c1-13-8-11-25-16(13)12-20-18(22)14-6-9-21(10-7-14)26(23,24)17-5-3-2-4-15(17)19/h2-5,8,11,14H,6-7,9-10,12H2,1H3,(H,20,22). The molecule has 5 nitrogen and oxygen atoms in total. The maximum absolute atomic E-state index is 13.8. The minimum atomic E-state index is -3.87. The van der Waals surface area contributed by atoms with E-state index in [4.69, 9.17) is 0 Å². The Labute approximate surface area is 156 Å². The normalized spacial score (nSPS) is 16.5. The Morgan fingerprint density at radius 1 is 1.27 bits per heavy atom. The summed E-state index contributed by atoms with van der Waals surface area (Å²) in [5.74, 6) is -1.03. The molecule has 1 amide bonds. The summed E-state index contributed by atoms with van der Waals surface area (Å²) in [4.78, 5) is 13.2. The van der Waals surface area contributed by atoms with Crippen molar-refractivity contribution in [2.24, 2.45) is 5.92 Å². The molecule has 140 valence electrons. The Hall–Kier alpha value is -1.77. The van der Waals surface area contributed by atoms with Gasteiger partial charge in [0.15, 0.2) is 0 Å². The predicted molar refractivity (Wildman–Crippen MR) is 98.8 cm³/mol. The summed E-state index contributed by atoms with van der Waals surface area (Å²) in [7, 11) is -3.87. The van der Waals surface area contributed by atoms with Gasteiger partial charge in [0, 0.05) is 23.9 Å². The number of hydrogen-bond acceptors (Lipinski definition) is 4. The van der Waals surface area contributed by atoms with Crippen LogP contribution in [0.2, 0.25) is 0 Å². The second kappa shape index (κ2) is 7.85. The molecule has 3 rings (SSSR count). The molecule has 1 N–H and O–H groups in total. The summed E-state index contributed by atoms with van der Waals surface area (Å²) in [6.45, 7) is 2.93. The fourth-order valence-corrected chi connectivity index (χ4v) is 5.43. The van der Waals surface area contributed by atoms with Crippen molar-refractivity contribution < 1.29 is 17.6 Å². The number of carbonyl (C=O) groups is 1. The van der Waals surface area contributed by atoms with Gasteiger partial charge in [0.1, 0.15) is 10.7 Å². The van der Waals surface area contributed by atoms with Gasteiger partial charge in [-0.2, -0.15) is 4.31 Å². The molecule has 26 heavy (non-hydrogen) atoms. The molecule has 0 saturated carbocycles. The van der Waals surface area contributed by atoms with E-state index in [0.717, 1.165) is 16.5 Å². The highest BCUT2D eigenvalue weighted by Gasteiger charge is 2.33. The number of nitrogens with one attached hydrogen (secondary N) is 1. The topological polar surface area (TPSA) is 66.5 Å². The minimum Gasteiger partial charge on any atom is -0.351 e. The summed E-state index contributed by atoms with van der Waals surface area (Å²) in [5.41, 5.74) is 1.15. The summed E-state index contributed by atoms with van der Waals surface area (Å²) in [6.07, 6.45) is 0.867. The second-order valence-corrected chi connectivity index (χ2v) is 9.26. The molecule has 1 aliphatic heterocycles. The second-order valence-electron chi connectivity index (χ2n) is 6.35. The number of sulfonamides is 1. The zero-order chi connectivity index (χ0) is 18.7. The van der Waals surface area contributed by atoms with Gasteiger partial charge in [0.2, 0.25) is 15.9 Å². The first-order valence-corrected chi connectivity index (χ1v) is 10.8. The van der Waals surface area contributed by atoms with Gasteiger partial charge < -0.3 is 5.32 Å². The lowest BCUT2D eigenvalue weighted by molar-refractivity contribution is -0.126. The lowest BCUT2D eigenvalue weighted by Gasteiger charge is -2.30. The van der Waals surface area contributed by atoms with Gasteiger partial charge in [-0.15, -0.1) is 11.3 Å². The molecule has 0 aliphatic carbocycles. The highest BCUT2D eigenvalue weighted by Crippen LogP contribution is 2.25. The van der Waals surface area contributed by atoms with Crippen LogP contribution in [-0.2, 0) is 21.4 Å². The van der Waals surface area contributed by atoms with E-state index in [1.165, 1.54) is 22.5 Å². The molecule has 0 atom stereocenters. The molecule has 1 aliphatic rings. The third kappa shape index (κ3) is 3.97. The number of piperidine rings is 1. The van der Waals surface area contributed by atoms with Crippen molar-refractivity contribution in [2.45, 2.75) is 31.2 Å². The number of halogens is 1. The fourth-order valence-electron chi connectivity index (χ4n) is 3.05. The maximum Gasteiger partial charge on any atom is 0.245 e. The Morgan fingerprint density at radius 2 is 1.96 bits per heavy atom. The van der Waals surface area contributed by atoms with E-state index in [9.17, 15) is 17.6 Å². The minimum absolute atomic E-state index is 0.0549. The Kier molecular flexibility index (Phi) is 5.74. The summed E-state index contributed by atoms with van der Waals surface area (Å²) in [5, 5.41) is 4.92. The Bertz CT molecular complexity index is 887. The van der Waals surface area contributed by atoms with Crippen LogP contribution in [0.4, 0.5) is 4.39 Å². The summed E-state index contributed by atoms with van der Waals surface area (Å²) < 4.78 is 40.3. The predicted octanol–water partition coefficient (Wildman–Crippen LogP) is 2.91. The van der Waals surface area contributed by atoms with Crippen LogP contribution < -0.4 is 5.32 Å². The molecule has 1 aromatic heterocycles. The summed E-state index contributed by atoms with van der Waals surface area (Å²) in [6, 6.07) is 7.38. The highest BCUT2D eigenvalue weighted by atomic mass is 32.2. The molecule has 1 fully saturated rings. The number of carbonyl (C=O) groups excluding carboxylic acids is 1. The molecular formula is C18H21FN2O3S2. The van der Waals surface area contributed by atoms with E-state index < -0.39 is 15.8 Å². The van der Waals surface area contributed by atoms with E-state index in [1.54, 1.807) is 11.3 Å². The quantitative estimate of drug-likeness (QED) is 0.845. The third-order valence-corrected chi connectivity index (χ3v) is 7.63. The van der Waals surface area contributed by atoms with Crippen molar-refractivity contribution in [3.05, 3.63) is 52.0 Å². The smallest absolute Gasteiger partial charge is 0.245 e. The van der Waals surface area contributed by atoms with Gasteiger partial charge >= 0.3 is 0 Å². The van der Waals surface area contributed by atoms with E-state index in [-0.39, 0.29) is 29.8 Å². The van der Waals surface area contributed by atoms with Crippen molar-refractivity contribution in [1.29, 1.82) is 0 Å². The van der Waals surface area contributed by atoms with E-state index in [0.29, 0.717) is 19.4 Å². The van der Waals surface area contributed by atoms with Gasteiger partial charge in [0.25, 0.3) is 0 Å². The number of aryl methyl sites for hydroxylation is 1. The first-order valence-electron chi connectivity index (χ1n) is 8.45. The first-order chi connectivity index (χ1) is 12.4. The zero-order valence-corrected chi connectivity index (χ0v) is 16.1. The van der Waals surface area contributed by atoms with Crippen molar-refractivity contribution >= 4 is 27.3 Å². The van der Waals surface area contributed by atoms with Crippen LogP contribution in [0.5, 0.6) is 0 Å². The SMILES string of the molecule is Cc1ccsc1CNC(=O)C1CCN(S(=O)(=O)c2ccccc2F)CC1. The average molecular weight is 397 g/mol. The number of thiophene rings is 1. The monoisotopic (exact) mass is 396 g/mol. The number of benzene rings is 1. The molecular weight excluding hydrogens is 375 g/mol. The van der Waals surface area contributed by atoms with Crippen LogP contribution in [0, 0.1) is 18.7 Å². The summed E-state index contributed by atoms with van der Waals surface area (Å²) >= 11 is 1.60. The van der Waals surface area contributed by atoms with Crippen LogP contribution in [0.25, 0.3) is 0 Å². The van der Waals surface area contributed by atoms with Crippen molar-refractivity contribution in [1.82, 2.24) is 9.62 Å². The van der Waals surface area contributed by atoms with Crippen LogP contribution in [0.3, 0.4) is 0 Å². The molecule has 0 spiro atoms. The lowest BCUT2D eigenvalue weighted by atomic mass is 9.97. The Balaban J connectivity index is 1.58. The van der Waals surface area contributed by atoms with E-state index >= 15 is 0 Å². The number of amides is 1. The highest BCUT2D eigenvalue weighted by molar-refractivity contribution is 7.89. The molecule has 0 radical (unpaired) electrons. The largest absolute Gasteiger partial charge is 0.351 e. The Morgan fingerprint density at radius 3 is 2.58 bits per heavy atom. The van der Waals surface area contributed by atoms with Gasteiger partial charge in [-0.25, -0.2) is 12.8 Å². The van der Waals surface area contributed by atoms with E-state index in [2.05, 4.69) is 5.32 Å². The van der Waals surface area contributed by atoms with Crippen molar-refractivity contribution in [3.63, 3.8) is 0 Å². The molecule has 1 aromatic carbocycles. The van der Waals surface area contributed by atoms with Crippen molar-refractivity contribution in [3.8, 4) is 0 Å². The maximum atomic E-state index is 13.8. The third-order valence-electron chi connectivity index (χ3n) is 4.67. The molecule has 8 heteroatoms. The number of hydrogen-bond donors (Lipinski definition) is 1. The van der Waals surface area contributed by atoms with Crippen LogP contribution in [-0.4, -0.2) is 31.7 Å². The molecule has 2 aromatic rings. The van der Waals surface area contributed by atoms with Gasteiger partial charge in [-0.3, -0.25) is 4.79 Å². The van der Waals surface area contributed by atoms with Crippen molar-refractivity contribution in [2.75, 3.05) is 13.1 Å². The van der Waals surface area contributed by atoms with Gasteiger partial charge in [0.05, 0.1) is 6.54 Å². The first kappa shape index (κ1) is 19.0. The van der Waals surface area contributed by atoms with Crippen LogP contribution in [0.1, 0.15) is 23.3 Å². The average Bonchev–Trinajstić information content (AvgIpc) is 3.05. The van der Waals surface area contributed by atoms with Gasteiger partial charge in [-0.05, 0) is 48.9 Å². The molecule has 0 unspecified atom stereocenters. The molecule has 0 bridgehead atoms. The fraction of sp³-hybridized carbons (Fsp3) is 0.389. The number of rotatable bonds is 5. The van der Waals surface area contributed by atoms with Gasteiger partial charge in [-0.1, -0.05) is 12.1 Å².